The Labute approximate surface area is 158 Å². The van der Waals surface area contributed by atoms with Crippen molar-refractivity contribution < 1.29 is 19.8 Å². The maximum Gasteiger partial charge on any atom is 0.295 e. The van der Waals surface area contributed by atoms with Gasteiger partial charge in [0.15, 0.2) is 0 Å². The summed E-state index contributed by atoms with van der Waals surface area (Å²) in [5.74, 6) is -1.68. The molecule has 1 aliphatic heterocycles. The van der Waals surface area contributed by atoms with Crippen LogP contribution < -0.4 is 4.90 Å². The molecule has 1 aliphatic rings. The van der Waals surface area contributed by atoms with Gasteiger partial charge in [0.1, 0.15) is 5.76 Å². The van der Waals surface area contributed by atoms with Crippen molar-refractivity contribution in [1.29, 1.82) is 0 Å². The number of rotatable bonds is 5. The van der Waals surface area contributed by atoms with Gasteiger partial charge in [-0.15, -0.1) is 0 Å². The quantitative estimate of drug-likeness (QED) is 0.482. The zero-order valence-electron chi connectivity index (χ0n) is 15.3. The van der Waals surface area contributed by atoms with Crippen LogP contribution in [-0.4, -0.2) is 54.1 Å². The third kappa shape index (κ3) is 3.44. The van der Waals surface area contributed by atoms with Crippen molar-refractivity contribution >= 4 is 23.1 Å². The number of Topliss-reactive ketones (excluding diaryl/α,β-unsaturated/α-hetero) is 1. The van der Waals surface area contributed by atoms with Crippen LogP contribution in [0.5, 0.6) is 0 Å². The standard InChI is InChI=1S/C21H22N2O4/c1-22(2)16-10-8-14(9-11-16)18-17(19(25)15-6-4-3-5-7-15)20(26)21(27)23(18)12-13-24/h3-11,18,24-25H,12-13H2,1-2H3/b19-17-. The van der Waals surface area contributed by atoms with E-state index in [9.17, 15) is 19.8 Å². The number of β-amino-alcohol motifs (C(OH)–C–C–N with tert-alkyl or cyclic N) is 1. The van der Waals surface area contributed by atoms with Crippen LogP contribution in [0.1, 0.15) is 17.2 Å². The molecule has 2 aromatic rings. The number of hydrogen-bond donors (Lipinski definition) is 2. The third-order valence-electron chi connectivity index (χ3n) is 4.65. The van der Waals surface area contributed by atoms with Gasteiger partial charge in [-0.1, -0.05) is 42.5 Å². The summed E-state index contributed by atoms with van der Waals surface area (Å²) >= 11 is 0. The first kappa shape index (κ1) is 18.7. The molecular formula is C21H22N2O4. The lowest BCUT2D eigenvalue weighted by atomic mass is 9.95. The number of anilines is 1. The number of hydrogen-bond acceptors (Lipinski definition) is 5. The van der Waals surface area contributed by atoms with Crippen molar-refractivity contribution in [3.05, 3.63) is 71.3 Å². The summed E-state index contributed by atoms with van der Waals surface area (Å²) in [7, 11) is 3.84. The highest BCUT2D eigenvalue weighted by atomic mass is 16.3. The second-order valence-corrected chi connectivity index (χ2v) is 6.57. The Bertz CT molecular complexity index is 873. The van der Waals surface area contributed by atoms with Crippen LogP contribution in [0.4, 0.5) is 5.69 Å². The molecule has 2 aromatic carbocycles. The SMILES string of the molecule is CN(C)c1ccc(C2/C(=C(/O)c3ccccc3)C(=O)C(=O)N2CCO)cc1. The fourth-order valence-electron chi connectivity index (χ4n) is 3.27. The molecule has 0 spiro atoms. The molecular weight excluding hydrogens is 344 g/mol. The summed E-state index contributed by atoms with van der Waals surface area (Å²) < 4.78 is 0. The fourth-order valence-corrected chi connectivity index (χ4v) is 3.27. The predicted octanol–water partition coefficient (Wildman–Crippen LogP) is 2.17. The van der Waals surface area contributed by atoms with Crippen molar-refractivity contribution in [3.8, 4) is 0 Å². The molecule has 3 rings (SSSR count). The first-order valence-corrected chi connectivity index (χ1v) is 8.67. The Kier molecular flexibility index (Phi) is 5.28. The van der Waals surface area contributed by atoms with E-state index in [1.165, 1.54) is 4.90 Å². The van der Waals surface area contributed by atoms with Crippen LogP contribution >= 0.6 is 0 Å². The second kappa shape index (κ2) is 7.63. The highest BCUT2D eigenvalue weighted by Gasteiger charge is 2.45. The monoisotopic (exact) mass is 366 g/mol. The van der Waals surface area contributed by atoms with E-state index in [2.05, 4.69) is 0 Å². The number of carbonyl (C=O) groups is 2. The lowest BCUT2D eigenvalue weighted by Crippen LogP contribution is -2.32. The van der Waals surface area contributed by atoms with Crippen molar-refractivity contribution in [2.24, 2.45) is 0 Å². The molecule has 1 unspecified atom stereocenters. The maximum atomic E-state index is 12.7. The van der Waals surface area contributed by atoms with E-state index in [1.807, 2.05) is 43.3 Å². The summed E-state index contributed by atoms with van der Waals surface area (Å²) in [6, 6.07) is 15.4. The maximum absolute atomic E-state index is 12.7. The summed E-state index contributed by atoms with van der Waals surface area (Å²) in [5.41, 5.74) is 2.18. The van der Waals surface area contributed by atoms with E-state index < -0.39 is 17.7 Å². The van der Waals surface area contributed by atoms with Crippen molar-refractivity contribution in [3.63, 3.8) is 0 Å². The molecule has 1 atom stereocenters. The average Bonchev–Trinajstić information content (AvgIpc) is 2.93. The van der Waals surface area contributed by atoms with Gasteiger partial charge in [-0.3, -0.25) is 9.59 Å². The van der Waals surface area contributed by atoms with Crippen LogP contribution in [0.2, 0.25) is 0 Å². The van der Waals surface area contributed by atoms with Gasteiger partial charge >= 0.3 is 0 Å². The van der Waals surface area contributed by atoms with Crippen LogP contribution in [0.15, 0.2) is 60.2 Å². The molecule has 0 aliphatic carbocycles. The Morgan fingerprint density at radius 1 is 1.04 bits per heavy atom. The number of carbonyl (C=O) groups excluding carboxylic acids is 2. The number of likely N-dealkylation sites (tertiary alicyclic amines) is 1. The van der Waals surface area contributed by atoms with E-state index >= 15 is 0 Å². The van der Waals surface area contributed by atoms with E-state index in [1.54, 1.807) is 30.3 Å². The van der Waals surface area contributed by atoms with Gasteiger partial charge in [0.2, 0.25) is 0 Å². The van der Waals surface area contributed by atoms with Gasteiger partial charge in [-0.2, -0.15) is 0 Å². The number of aliphatic hydroxyl groups is 2. The molecule has 0 saturated carbocycles. The zero-order chi connectivity index (χ0) is 19.6. The summed E-state index contributed by atoms with van der Waals surface area (Å²) in [6.45, 7) is -0.263. The van der Waals surface area contributed by atoms with Gasteiger partial charge < -0.3 is 20.0 Å². The Morgan fingerprint density at radius 3 is 2.22 bits per heavy atom. The van der Waals surface area contributed by atoms with Crippen LogP contribution in [0, 0.1) is 0 Å². The summed E-state index contributed by atoms with van der Waals surface area (Å²) in [5, 5.41) is 20.1. The highest BCUT2D eigenvalue weighted by molar-refractivity contribution is 6.46. The smallest absolute Gasteiger partial charge is 0.295 e. The average molecular weight is 366 g/mol. The Morgan fingerprint density at radius 2 is 1.67 bits per heavy atom. The Balaban J connectivity index is 2.14. The van der Waals surface area contributed by atoms with Crippen LogP contribution in [-0.2, 0) is 9.59 Å². The molecule has 0 bridgehead atoms. The molecule has 1 saturated heterocycles. The predicted molar refractivity (Wildman–Crippen MR) is 103 cm³/mol. The molecule has 2 N–H and O–H groups in total. The molecule has 6 heteroatoms. The number of nitrogens with zero attached hydrogens (tertiary/aromatic N) is 2. The molecule has 27 heavy (non-hydrogen) atoms. The van der Waals surface area contributed by atoms with E-state index in [-0.39, 0.29) is 24.5 Å². The van der Waals surface area contributed by atoms with Crippen LogP contribution in [0.3, 0.4) is 0 Å². The largest absolute Gasteiger partial charge is 0.507 e. The Hall–Kier alpha value is -3.12. The molecule has 6 nitrogen and oxygen atoms in total. The lowest BCUT2D eigenvalue weighted by molar-refractivity contribution is -0.140. The lowest BCUT2D eigenvalue weighted by Gasteiger charge is -2.25. The van der Waals surface area contributed by atoms with Crippen molar-refractivity contribution in [2.75, 3.05) is 32.1 Å². The van der Waals surface area contributed by atoms with Gasteiger partial charge in [-0.05, 0) is 17.7 Å². The molecule has 1 amide bonds. The van der Waals surface area contributed by atoms with Gasteiger partial charge in [-0.25, -0.2) is 0 Å². The first-order chi connectivity index (χ1) is 13.0. The normalized spacial score (nSPS) is 18.8. The third-order valence-corrected chi connectivity index (χ3v) is 4.65. The summed E-state index contributed by atoms with van der Waals surface area (Å²) in [6.07, 6.45) is 0. The minimum Gasteiger partial charge on any atom is -0.507 e. The topological polar surface area (TPSA) is 81.1 Å². The number of aliphatic hydroxyl groups excluding tert-OH is 2. The van der Waals surface area contributed by atoms with Gasteiger partial charge in [0.25, 0.3) is 11.7 Å². The van der Waals surface area contributed by atoms with Crippen LogP contribution in [0.25, 0.3) is 5.76 Å². The molecule has 1 fully saturated rings. The minimum absolute atomic E-state index is 0.0102. The van der Waals surface area contributed by atoms with E-state index in [4.69, 9.17) is 0 Å². The van der Waals surface area contributed by atoms with Crippen molar-refractivity contribution in [1.82, 2.24) is 4.90 Å². The fraction of sp³-hybridized carbons (Fsp3) is 0.238. The zero-order valence-corrected chi connectivity index (χ0v) is 15.3. The minimum atomic E-state index is -0.744. The molecule has 0 radical (unpaired) electrons. The van der Waals surface area contributed by atoms with Gasteiger partial charge in [0.05, 0.1) is 18.2 Å². The van der Waals surface area contributed by atoms with Gasteiger partial charge in [0, 0.05) is 31.9 Å². The molecule has 1 heterocycles. The van der Waals surface area contributed by atoms with E-state index in [0.717, 1.165) is 5.69 Å². The second-order valence-electron chi connectivity index (χ2n) is 6.57. The highest BCUT2D eigenvalue weighted by Crippen LogP contribution is 2.39. The number of benzene rings is 2. The molecule has 0 aromatic heterocycles. The molecule has 140 valence electrons. The summed E-state index contributed by atoms with van der Waals surface area (Å²) in [4.78, 5) is 28.4. The number of ketones is 1. The van der Waals surface area contributed by atoms with E-state index in [0.29, 0.717) is 11.1 Å². The van der Waals surface area contributed by atoms with Crippen molar-refractivity contribution in [2.45, 2.75) is 6.04 Å². The number of amides is 1. The first-order valence-electron chi connectivity index (χ1n) is 8.67.